The molecule has 1 aromatic heterocycles. The van der Waals surface area contributed by atoms with Gasteiger partial charge in [-0.2, -0.15) is 22.0 Å². The molecule has 2 rings (SSSR count). The van der Waals surface area contributed by atoms with Gasteiger partial charge in [0.25, 0.3) is 0 Å². The van der Waals surface area contributed by atoms with Gasteiger partial charge < -0.3 is 10.5 Å². The monoisotopic (exact) mass is 292 g/mol. The molecule has 1 heterocycles. The van der Waals surface area contributed by atoms with Crippen LogP contribution in [0, 0.1) is 0 Å². The Kier molecular flexibility index (Phi) is 3.41. The molecule has 1 aromatic carbocycles. The van der Waals surface area contributed by atoms with Crippen LogP contribution in [-0.4, -0.2) is 23.7 Å². The van der Waals surface area contributed by atoms with Crippen LogP contribution in [0.1, 0.15) is 0 Å². The van der Waals surface area contributed by atoms with Crippen LogP contribution in [0.4, 0.5) is 27.6 Å². The van der Waals surface area contributed by atoms with E-state index in [-0.39, 0.29) is 22.3 Å². The Bertz CT molecular complexity index is 627. The van der Waals surface area contributed by atoms with Crippen LogP contribution in [0.5, 0.6) is 5.75 Å². The predicted molar refractivity (Wildman–Crippen MR) is 62.7 cm³/mol. The van der Waals surface area contributed by atoms with Crippen LogP contribution in [0.2, 0.25) is 0 Å². The Morgan fingerprint density at radius 3 is 2.45 bits per heavy atom. The lowest BCUT2D eigenvalue weighted by Crippen LogP contribution is -2.41. The van der Waals surface area contributed by atoms with Crippen LogP contribution in [0.15, 0.2) is 30.5 Å². The van der Waals surface area contributed by atoms with Crippen molar-refractivity contribution in [3.63, 3.8) is 0 Å². The summed E-state index contributed by atoms with van der Waals surface area (Å²) in [7, 11) is 0. The van der Waals surface area contributed by atoms with Gasteiger partial charge in [0.15, 0.2) is 6.61 Å². The normalized spacial score (nSPS) is 12.7. The van der Waals surface area contributed by atoms with E-state index in [4.69, 9.17) is 5.73 Å². The SMILES string of the molecule is Nc1cccc2c(OCC(F)(F)C(F)(F)F)ccnc12. The number of rotatable bonds is 3. The zero-order valence-electron chi connectivity index (χ0n) is 9.92. The van der Waals surface area contributed by atoms with E-state index in [1.54, 1.807) is 0 Å². The molecule has 0 saturated heterocycles. The number of ether oxygens (including phenoxy) is 1. The lowest BCUT2D eigenvalue weighted by atomic mass is 10.2. The van der Waals surface area contributed by atoms with Crippen molar-refractivity contribution in [3.05, 3.63) is 30.5 Å². The fourth-order valence-electron chi connectivity index (χ4n) is 1.55. The number of nitrogen functional groups attached to an aromatic ring is 1. The van der Waals surface area contributed by atoms with Gasteiger partial charge in [0, 0.05) is 11.6 Å². The highest BCUT2D eigenvalue weighted by Crippen LogP contribution is 2.36. The third-order valence-corrected chi connectivity index (χ3v) is 2.59. The minimum absolute atomic E-state index is 0.133. The summed E-state index contributed by atoms with van der Waals surface area (Å²) in [5, 5.41) is 0.269. The maximum atomic E-state index is 12.8. The first kappa shape index (κ1) is 14.3. The van der Waals surface area contributed by atoms with Crippen molar-refractivity contribution in [2.45, 2.75) is 12.1 Å². The van der Waals surface area contributed by atoms with Gasteiger partial charge in [-0.15, -0.1) is 0 Å². The van der Waals surface area contributed by atoms with Gasteiger partial charge in [-0.25, -0.2) is 0 Å². The molecule has 0 fully saturated rings. The van der Waals surface area contributed by atoms with E-state index in [0.717, 1.165) is 0 Å². The molecule has 0 aliphatic heterocycles. The number of para-hydroxylation sites is 1. The minimum Gasteiger partial charge on any atom is -0.486 e. The van der Waals surface area contributed by atoms with Crippen molar-refractivity contribution >= 4 is 16.6 Å². The van der Waals surface area contributed by atoms with Crippen molar-refractivity contribution in [1.29, 1.82) is 0 Å². The largest absolute Gasteiger partial charge is 0.486 e. The summed E-state index contributed by atoms with van der Waals surface area (Å²) in [6, 6.07) is 5.73. The standard InChI is InChI=1S/C12H9F5N2O/c13-11(14,12(15,16)17)6-20-9-4-5-19-10-7(9)2-1-3-8(10)18/h1-5H,6,18H2. The first-order valence-electron chi connectivity index (χ1n) is 5.43. The highest BCUT2D eigenvalue weighted by Gasteiger charge is 2.58. The molecule has 2 N–H and O–H groups in total. The Labute approximate surface area is 110 Å². The third kappa shape index (κ3) is 2.59. The number of pyridine rings is 1. The molecule has 3 nitrogen and oxygen atoms in total. The molecule has 0 aliphatic rings. The van der Waals surface area contributed by atoms with Gasteiger partial charge in [-0.3, -0.25) is 4.98 Å². The number of halogens is 5. The number of alkyl halides is 5. The summed E-state index contributed by atoms with van der Waals surface area (Å²) in [5.74, 6) is -5.06. The highest BCUT2D eigenvalue weighted by atomic mass is 19.4. The van der Waals surface area contributed by atoms with Crippen molar-refractivity contribution < 1.29 is 26.7 Å². The maximum Gasteiger partial charge on any atom is 0.456 e. The zero-order chi connectivity index (χ0) is 15.0. The molecule has 0 aliphatic carbocycles. The minimum atomic E-state index is -5.66. The molecule has 0 atom stereocenters. The Morgan fingerprint density at radius 2 is 1.80 bits per heavy atom. The van der Waals surface area contributed by atoms with Crippen molar-refractivity contribution in [2.24, 2.45) is 0 Å². The van der Waals surface area contributed by atoms with E-state index < -0.39 is 18.7 Å². The average Bonchev–Trinajstić information content (AvgIpc) is 2.35. The summed E-state index contributed by atoms with van der Waals surface area (Å²) in [5.41, 5.74) is 6.18. The fourth-order valence-corrected chi connectivity index (χ4v) is 1.55. The van der Waals surface area contributed by atoms with Crippen LogP contribution < -0.4 is 10.5 Å². The Morgan fingerprint density at radius 1 is 1.10 bits per heavy atom. The van der Waals surface area contributed by atoms with E-state index in [0.29, 0.717) is 0 Å². The summed E-state index contributed by atoms with van der Waals surface area (Å²) >= 11 is 0. The van der Waals surface area contributed by atoms with E-state index in [1.165, 1.54) is 30.5 Å². The van der Waals surface area contributed by atoms with Crippen molar-refractivity contribution in [1.82, 2.24) is 4.98 Å². The second-order valence-corrected chi connectivity index (χ2v) is 4.04. The number of nitrogens with two attached hydrogens (primary N) is 1. The molecule has 0 unspecified atom stereocenters. The van der Waals surface area contributed by atoms with Gasteiger partial charge in [-0.05, 0) is 18.2 Å². The molecule has 20 heavy (non-hydrogen) atoms. The quantitative estimate of drug-likeness (QED) is 0.696. The second kappa shape index (κ2) is 4.77. The van der Waals surface area contributed by atoms with Crippen LogP contribution in [-0.2, 0) is 0 Å². The number of fused-ring (bicyclic) bond motifs is 1. The molecular formula is C12H9F5N2O. The Balaban J connectivity index is 2.30. The summed E-state index contributed by atoms with van der Waals surface area (Å²) < 4.78 is 66.4. The van der Waals surface area contributed by atoms with Crippen LogP contribution in [0.3, 0.4) is 0 Å². The number of aromatic nitrogens is 1. The lowest BCUT2D eigenvalue weighted by Gasteiger charge is -2.20. The van der Waals surface area contributed by atoms with Crippen molar-refractivity contribution in [2.75, 3.05) is 12.3 Å². The maximum absolute atomic E-state index is 12.8. The predicted octanol–water partition coefficient (Wildman–Crippen LogP) is 3.39. The zero-order valence-corrected chi connectivity index (χ0v) is 9.92. The first-order chi connectivity index (χ1) is 9.22. The summed E-state index contributed by atoms with van der Waals surface area (Å²) in [6.07, 6.45) is -4.44. The molecular weight excluding hydrogens is 283 g/mol. The van der Waals surface area contributed by atoms with Crippen LogP contribution >= 0.6 is 0 Å². The topological polar surface area (TPSA) is 48.1 Å². The van der Waals surface area contributed by atoms with Gasteiger partial charge in [0.1, 0.15) is 5.75 Å². The van der Waals surface area contributed by atoms with E-state index in [9.17, 15) is 22.0 Å². The average molecular weight is 292 g/mol. The van der Waals surface area contributed by atoms with Crippen LogP contribution in [0.25, 0.3) is 10.9 Å². The van der Waals surface area contributed by atoms with Gasteiger partial charge in [0.05, 0.1) is 11.2 Å². The van der Waals surface area contributed by atoms with E-state index >= 15 is 0 Å². The molecule has 0 saturated carbocycles. The van der Waals surface area contributed by atoms with Gasteiger partial charge in [0.2, 0.25) is 0 Å². The highest BCUT2D eigenvalue weighted by molar-refractivity contribution is 5.93. The fraction of sp³-hybridized carbons (Fsp3) is 0.250. The number of hydrogen-bond donors (Lipinski definition) is 1. The molecule has 0 bridgehead atoms. The summed E-state index contributed by atoms with van der Waals surface area (Å²) in [6.45, 7) is -1.80. The smallest absolute Gasteiger partial charge is 0.456 e. The lowest BCUT2D eigenvalue weighted by molar-refractivity contribution is -0.289. The number of nitrogens with zero attached hydrogens (tertiary/aromatic N) is 1. The number of benzene rings is 1. The molecule has 0 spiro atoms. The Hall–Kier alpha value is -2.12. The first-order valence-corrected chi connectivity index (χ1v) is 5.43. The molecule has 0 amide bonds. The molecule has 108 valence electrons. The van der Waals surface area contributed by atoms with E-state index in [2.05, 4.69) is 9.72 Å². The molecule has 0 radical (unpaired) electrons. The molecule has 8 heteroatoms. The van der Waals surface area contributed by atoms with Gasteiger partial charge in [-0.1, -0.05) is 6.07 Å². The third-order valence-electron chi connectivity index (χ3n) is 2.59. The second-order valence-electron chi connectivity index (χ2n) is 4.04. The molecule has 2 aromatic rings. The number of anilines is 1. The van der Waals surface area contributed by atoms with Crippen molar-refractivity contribution in [3.8, 4) is 5.75 Å². The van der Waals surface area contributed by atoms with E-state index in [1.807, 2.05) is 0 Å². The van der Waals surface area contributed by atoms with Gasteiger partial charge >= 0.3 is 12.1 Å². The summed E-state index contributed by atoms with van der Waals surface area (Å²) in [4.78, 5) is 3.92. The number of hydrogen-bond acceptors (Lipinski definition) is 3.